The van der Waals surface area contributed by atoms with Crippen molar-refractivity contribution in [1.29, 1.82) is 0 Å². The smallest absolute Gasteiger partial charge is 0.341 e. The van der Waals surface area contributed by atoms with Crippen LogP contribution >= 0.6 is 12.4 Å². The highest BCUT2D eigenvalue weighted by atomic mass is 35.5. The van der Waals surface area contributed by atoms with E-state index >= 15 is 4.39 Å². The number of carboxylic acid groups (broad SMARTS) is 1. The highest BCUT2D eigenvalue weighted by Gasteiger charge is 2.34. The molecule has 9 heteroatoms. The Morgan fingerprint density at radius 1 is 1.29 bits per heavy atom. The fourth-order valence-corrected chi connectivity index (χ4v) is 4.04. The van der Waals surface area contributed by atoms with Crippen molar-refractivity contribution < 1.29 is 18.7 Å². The van der Waals surface area contributed by atoms with Gasteiger partial charge in [0.2, 0.25) is 5.43 Å². The molecular weight excluding hydrogens is 392 g/mol. The zero-order valence-corrected chi connectivity index (χ0v) is 16.4. The summed E-state index contributed by atoms with van der Waals surface area (Å²) in [5.41, 5.74) is -1.49. The highest BCUT2D eigenvalue weighted by Crippen LogP contribution is 2.40. The summed E-state index contributed by atoms with van der Waals surface area (Å²) in [5, 5.41) is 12.2. The van der Waals surface area contributed by atoms with Gasteiger partial charge in [-0.2, -0.15) is 0 Å². The summed E-state index contributed by atoms with van der Waals surface area (Å²) in [6.07, 6.45) is 2.73. The van der Waals surface area contributed by atoms with Gasteiger partial charge in [0, 0.05) is 31.4 Å². The second-order valence-electron chi connectivity index (χ2n) is 7.51. The maximum atomic E-state index is 15.5. The minimum atomic E-state index is -1.40. The average Bonchev–Trinajstić information content (AvgIpc) is 3.38. The highest BCUT2D eigenvalue weighted by molar-refractivity contribution is 5.94. The number of hydrogen-bond acceptors (Lipinski definition) is 4. The number of aromatic carboxylic acids is 1. The molecule has 4 rings (SSSR count). The Balaban J connectivity index is 0.00000225. The molecule has 1 aliphatic heterocycles. The number of anilines is 1. The van der Waals surface area contributed by atoms with Crippen molar-refractivity contribution in [2.24, 2.45) is 5.92 Å². The van der Waals surface area contributed by atoms with Crippen LogP contribution in [0.15, 0.2) is 17.1 Å². The zero-order chi connectivity index (χ0) is 19.5. The van der Waals surface area contributed by atoms with Crippen molar-refractivity contribution in [3.05, 3.63) is 39.7 Å². The van der Waals surface area contributed by atoms with Gasteiger partial charge in [-0.1, -0.05) is 6.92 Å². The molecule has 2 aromatic rings. The van der Waals surface area contributed by atoms with Crippen LogP contribution < -0.4 is 15.6 Å². The molecule has 1 aromatic heterocycles. The Kier molecular flexibility index (Phi) is 5.38. The van der Waals surface area contributed by atoms with Crippen LogP contribution in [-0.2, 0) is 0 Å². The predicted octanol–water partition coefficient (Wildman–Crippen LogP) is 2.78. The second-order valence-corrected chi connectivity index (χ2v) is 7.51. The molecule has 1 saturated heterocycles. The Morgan fingerprint density at radius 3 is 2.50 bits per heavy atom. The van der Waals surface area contributed by atoms with Crippen molar-refractivity contribution >= 4 is 35.0 Å². The third-order valence-corrected chi connectivity index (χ3v) is 5.65. The first-order chi connectivity index (χ1) is 12.8. The summed E-state index contributed by atoms with van der Waals surface area (Å²) in [6, 6.07) is 1.03. The number of nitrogens with zero attached hydrogens (tertiary/aromatic N) is 2. The van der Waals surface area contributed by atoms with Crippen LogP contribution in [-0.4, -0.2) is 41.8 Å². The number of carbonyl (C=O) groups is 1. The van der Waals surface area contributed by atoms with Crippen LogP contribution in [0.5, 0.6) is 0 Å². The molecule has 1 aromatic carbocycles. The molecular formula is C19H22ClF2N3O3. The summed E-state index contributed by atoms with van der Waals surface area (Å²) >= 11 is 0. The fourth-order valence-electron chi connectivity index (χ4n) is 4.04. The Morgan fingerprint density at radius 2 is 1.96 bits per heavy atom. The van der Waals surface area contributed by atoms with Gasteiger partial charge in [-0.3, -0.25) is 4.79 Å². The quantitative estimate of drug-likeness (QED) is 0.806. The number of rotatable bonds is 4. The summed E-state index contributed by atoms with van der Waals surface area (Å²) in [7, 11) is 1.82. The first kappa shape index (κ1) is 20.5. The lowest BCUT2D eigenvalue weighted by molar-refractivity contribution is 0.0695. The van der Waals surface area contributed by atoms with Gasteiger partial charge in [-0.25, -0.2) is 13.6 Å². The Hall–Kier alpha value is -2.19. The summed E-state index contributed by atoms with van der Waals surface area (Å²) in [5.74, 6) is -2.82. The molecule has 2 unspecified atom stereocenters. The maximum Gasteiger partial charge on any atom is 0.341 e. The lowest BCUT2D eigenvalue weighted by atomic mass is 10.1. The lowest BCUT2D eigenvalue weighted by Gasteiger charge is -2.22. The summed E-state index contributed by atoms with van der Waals surface area (Å²) in [4.78, 5) is 25.6. The van der Waals surface area contributed by atoms with E-state index in [4.69, 9.17) is 0 Å². The minimum absolute atomic E-state index is 0. The van der Waals surface area contributed by atoms with Crippen molar-refractivity contribution in [1.82, 2.24) is 9.88 Å². The van der Waals surface area contributed by atoms with E-state index in [1.807, 2.05) is 14.0 Å². The molecule has 152 valence electrons. The number of halogens is 3. The van der Waals surface area contributed by atoms with Crippen molar-refractivity contribution in [2.45, 2.75) is 31.8 Å². The molecule has 0 amide bonds. The minimum Gasteiger partial charge on any atom is -0.477 e. The van der Waals surface area contributed by atoms with Gasteiger partial charge in [-0.05, 0) is 31.9 Å². The van der Waals surface area contributed by atoms with E-state index in [9.17, 15) is 19.1 Å². The largest absolute Gasteiger partial charge is 0.477 e. The van der Waals surface area contributed by atoms with Gasteiger partial charge < -0.3 is 19.9 Å². The average molecular weight is 414 g/mol. The van der Waals surface area contributed by atoms with Crippen molar-refractivity contribution in [3.8, 4) is 0 Å². The first-order valence-corrected chi connectivity index (χ1v) is 9.05. The standard InChI is InChI=1S/C19H21F2N3O3.ClH/c1-9-6-23(8-14(9)22-2)17-13(20)5-11-16(15(17)21)24(10-3-4-10)7-12(18(11)25)19(26)27;/h5,7,9-10,14,22H,3-4,6,8H2,1-2H3,(H,26,27);1H. The number of aromatic nitrogens is 1. The maximum absolute atomic E-state index is 15.5. The summed E-state index contributed by atoms with van der Waals surface area (Å²) < 4.78 is 31.8. The molecule has 2 fully saturated rings. The molecule has 0 spiro atoms. The zero-order valence-electron chi connectivity index (χ0n) is 15.5. The monoisotopic (exact) mass is 413 g/mol. The van der Waals surface area contributed by atoms with E-state index in [1.165, 1.54) is 10.8 Å². The molecule has 2 aliphatic rings. The predicted molar refractivity (Wildman–Crippen MR) is 105 cm³/mol. The van der Waals surface area contributed by atoms with Crippen molar-refractivity contribution in [3.63, 3.8) is 0 Å². The fraction of sp³-hybridized carbons (Fsp3) is 0.474. The normalized spacial score (nSPS) is 21.8. The van der Waals surface area contributed by atoms with Crippen LogP contribution in [0.4, 0.5) is 14.5 Å². The van der Waals surface area contributed by atoms with E-state index < -0.39 is 28.6 Å². The molecule has 6 nitrogen and oxygen atoms in total. The Bertz CT molecular complexity index is 1010. The van der Waals surface area contributed by atoms with E-state index in [-0.39, 0.29) is 47.0 Å². The number of carboxylic acids is 1. The van der Waals surface area contributed by atoms with Crippen LogP contribution in [0.2, 0.25) is 0 Å². The van der Waals surface area contributed by atoms with Crippen molar-refractivity contribution in [2.75, 3.05) is 25.0 Å². The molecule has 1 aliphatic carbocycles. The van der Waals surface area contributed by atoms with Crippen LogP contribution in [0.1, 0.15) is 36.2 Å². The number of benzene rings is 1. The van der Waals surface area contributed by atoms with Gasteiger partial charge in [0.25, 0.3) is 0 Å². The van der Waals surface area contributed by atoms with Crippen LogP contribution in [0.3, 0.4) is 0 Å². The van der Waals surface area contributed by atoms with Gasteiger partial charge in [0.05, 0.1) is 10.9 Å². The van der Waals surface area contributed by atoms with Crippen LogP contribution in [0.25, 0.3) is 10.9 Å². The molecule has 0 bridgehead atoms. The van der Waals surface area contributed by atoms with Gasteiger partial charge in [-0.15, -0.1) is 12.4 Å². The first-order valence-electron chi connectivity index (χ1n) is 9.05. The van der Waals surface area contributed by atoms with Gasteiger partial charge in [0.15, 0.2) is 5.82 Å². The van der Waals surface area contributed by atoms with E-state index in [0.717, 1.165) is 18.9 Å². The third kappa shape index (κ3) is 3.14. The van der Waals surface area contributed by atoms with Crippen LogP contribution in [0, 0.1) is 17.6 Å². The third-order valence-electron chi connectivity index (χ3n) is 5.65. The number of fused-ring (bicyclic) bond motifs is 1. The van der Waals surface area contributed by atoms with Gasteiger partial charge >= 0.3 is 5.97 Å². The lowest BCUT2D eigenvalue weighted by Crippen LogP contribution is -2.32. The van der Waals surface area contributed by atoms with E-state index in [2.05, 4.69) is 5.32 Å². The summed E-state index contributed by atoms with van der Waals surface area (Å²) in [6.45, 7) is 2.96. The Labute approximate surface area is 166 Å². The molecule has 2 heterocycles. The SMILES string of the molecule is CNC1CN(c2c(F)cc3c(=O)c(C(=O)O)cn(C4CC4)c3c2F)CC1C.Cl. The number of pyridine rings is 1. The van der Waals surface area contributed by atoms with E-state index in [1.54, 1.807) is 4.90 Å². The number of nitrogens with one attached hydrogen (secondary N) is 1. The number of likely N-dealkylation sites (N-methyl/N-ethyl adjacent to an activating group) is 1. The number of hydrogen-bond donors (Lipinski definition) is 2. The molecule has 0 radical (unpaired) electrons. The molecule has 2 atom stereocenters. The molecule has 2 N–H and O–H groups in total. The van der Waals surface area contributed by atoms with Gasteiger partial charge in [0.1, 0.15) is 17.1 Å². The molecule has 28 heavy (non-hydrogen) atoms. The second kappa shape index (κ2) is 7.33. The topological polar surface area (TPSA) is 74.6 Å². The van der Waals surface area contributed by atoms with E-state index in [0.29, 0.717) is 13.1 Å². The molecule has 1 saturated carbocycles.